The minimum absolute atomic E-state index is 0.433. The normalized spacial score (nSPS) is 16.1. The maximum atomic E-state index is 4.79. The average Bonchev–Trinajstić information content (AvgIpc) is 3.06. The Kier molecular flexibility index (Phi) is 5.29. The Morgan fingerprint density at radius 1 is 1.19 bits per heavy atom. The number of hydrogen-bond acceptors (Lipinski definition) is 6. The number of hydrogen-bond donors (Lipinski definition) is 1. The topological polar surface area (TPSA) is 71.8 Å². The maximum absolute atomic E-state index is 4.79. The lowest BCUT2D eigenvalue weighted by molar-refractivity contribution is 0.211. The van der Waals surface area contributed by atoms with Gasteiger partial charge in [-0.15, -0.1) is 0 Å². The van der Waals surface area contributed by atoms with Gasteiger partial charge in [0.05, 0.1) is 11.6 Å². The maximum Gasteiger partial charge on any atom is 0.163 e. The van der Waals surface area contributed by atoms with Gasteiger partial charge in [-0.1, -0.05) is 13.0 Å². The fourth-order valence-corrected chi connectivity index (χ4v) is 3.69. The third-order valence-corrected chi connectivity index (χ3v) is 5.17. The first kappa shape index (κ1) is 17.9. The summed E-state index contributed by atoms with van der Waals surface area (Å²) in [7, 11) is 1.94. The molecule has 1 saturated heterocycles. The number of anilines is 1. The summed E-state index contributed by atoms with van der Waals surface area (Å²) >= 11 is 0. The summed E-state index contributed by atoms with van der Waals surface area (Å²) in [4.78, 5) is 16.2. The van der Waals surface area contributed by atoms with Crippen LogP contribution >= 0.6 is 0 Å². The summed E-state index contributed by atoms with van der Waals surface area (Å²) in [6.45, 7) is 5.29. The van der Waals surface area contributed by atoms with E-state index in [9.17, 15) is 0 Å². The van der Waals surface area contributed by atoms with Gasteiger partial charge in [-0.2, -0.15) is 5.10 Å². The van der Waals surface area contributed by atoms with Gasteiger partial charge in [0.25, 0.3) is 0 Å². The van der Waals surface area contributed by atoms with Crippen LogP contribution < -0.4 is 5.32 Å². The molecule has 142 valence electrons. The third kappa shape index (κ3) is 4.08. The summed E-state index contributed by atoms with van der Waals surface area (Å²) in [5, 5.41) is 9.06. The number of nitrogens with one attached hydrogen (secondary N) is 1. The van der Waals surface area contributed by atoms with E-state index in [2.05, 4.69) is 38.3 Å². The Hall–Kier alpha value is -2.54. The highest BCUT2D eigenvalue weighted by molar-refractivity contribution is 5.86. The molecule has 3 aromatic heterocycles. The first-order valence-electron chi connectivity index (χ1n) is 9.79. The molecule has 1 fully saturated rings. The molecule has 0 aliphatic carbocycles. The molecular weight excluding hydrogens is 338 g/mol. The molecular formula is C20H27N7. The number of piperidine rings is 1. The molecule has 0 bridgehead atoms. The van der Waals surface area contributed by atoms with E-state index in [0.29, 0.717) is 6.04 Å². The third-order valence-electron chi connectivity index (χ3n) is 5.17. The quantitative estimate of drug-likeness (QED) is 0.724. The van der Waals surface area contributed by atoms with E-state index >= 15 is 0 Å². The van der Waals surface area contributed by atoms with Crippen molar-refractivity contribution in [3.63, 3.8) is 0 Å². The number of fused-ring (bicyclic) bond motifs is 1. The molecule has 7 nitrogen and oxygen atoms in total. The Bertz CT molecular complexity index is 882. The summed E-state index contributed by atoms with van der Waals surface area (Å²) in [5.41, 5.74) is 2.19. The SMILES string of the molecule is CCCc1nc(NC2CCN(Cc3cccnc3)CC2)c2cnn(C)c2n1. The molecule has 1 aliphatic rings. The van der Waals surface area contributed by atoms with Crippen molar-refractivity contribution in [3.8, 4) is 0 Å². The van der Waals surface area contributed by atoms with Crippen molar-refractivity contribution in [1.82, 2.24) is 29.6 Å². The highest BCUT2D eigenvalue weighted by atomic mass is 15.3. The van der Waals surface area contributed by atoms with Crippen LogP contribution in [-0.2, 0) is 20.0 Å². The van der Waals surface area contributed by atoms with Gasteiger partial charge in [0, 0.05) is 51.5 Å². The molecule has 0 unspecified atom stereocenters. The molecule has 0 aromatic carbocycles. The Labute approximate surface area is 159 Å². The highest BCUT2D eigenvalue weighted by Crippen LogP contribution is 2.23. The Balaban J connectivity index is 1.43. The molecule has 0 spiro atoms. The molecule has 3 aromatic rings. The van der Waals surface area contributed by atoms with Crippen LogP contribution in [-0.4, -0.2) is 48.8 Å². The van der Waals surface area contributed by atoms with E-state index in [0.717, 1.165) is 68.0 Å². The fraction of sp³-hybridized carbons (Fsp3) is 0.500. The number of aryl methyl sites for hydroxylation is 2. The van der Waals surface area contributed by atoms with Crippen molar-refractivity contribution in [3.05, 3.63) is 42.1 Å². The lowest BCUT2D eigenvalue weighted by Crippen LogP contribution is -2.38. The smallest absolute Gasteiger partial charge is 0.163 e. The van der Waals surface area contributed by atoms with E-state index in [4.69, 9.17) is 4.98 Å². The molecule has 7 heteroatoms. The zero-order valence-corrected chi connectivity index (χ0v) is 16.1. The molecule has 0 saturated carbocycles. The van der Waals surface area contributed by atoms with Crippen LogP contribution in [0.25, 0.3) is 11.0 Å². The standard InChI is InChI=1S/C20H27N7/c1-3-5-18-24-19(17-13-22-26(2)20(17)25-18)23-16-7-10-27(11-8-16)14-15-6-4-9-21-12-15/h4,6,9,12-13,16H,3,5,7-8,10-11,14H2,1-2H3,(H,23,24,25). The molecule has 27 heavy (non-hydrogen) atoms. The van der Waals surface area contributed by atoms with Crippen molar-refractivity contribution < 1.29 is 0 Å². The number of aromatic nitrogens is 5. The van der Waals surface area contributed by atoms with Gasteiger partial charge in [0.15, 0.2) is 5.65 Å². The van der Waals surface area contributed by atoms with Crippen LogP contribution in [0.3, 0.4) is 0 Å². The summed E-state index contributed by atoms with van der Waals surface area (Å²) in [6.07, 6.45) is 9.79. The van der Waals surface area contributed by atoms with Gasteiger partial charge >= 0.3 is 0 Å². The van der Waals surface area contributed by atoms with Gasteiger partial charge in [0.2, 0.25) is 0 Å². The molecule has 1 aliphatic heterocycles. The van der Waals surface area contributed by atoms with Crippen molar-refractivity contribution >= 4 is 16.9 Å². The van der Waals surface area contributed by atoms with Crippen LogP contribution in [0.15, 0.2) is 30.7 Å². The summed E-state index contributed by atoms with van der Waals surface area (Å²) < 4.78 is 1.83. The van der Waals surface area contributed by atoms with Crippen molar-refractivity contribution in [2.75, 3.05) is 18.4 Å². The van der Waals surface area contributed by atoms with Gasteiger partial charge < -0.3 is 5.32 Å². The van der Waals surface area contributed by atoms with E-state index in [1.54, 1.807) is 0 Å². The number of pyridine rings is 1. The van der Waals surface area contributed by atoms with Gasteiger partial charge in [-0.25, -0.2) is 9.97 Å². The minimum atomic E-state index is 0.433. The number of likely N-dealkylation sites (tertiary alicyclic amines) is 1. The number of nitrogens with zero attached hydrogens (tertiary/aromatic N) is 6. The van der Waals surface area contributed by atoms with E-state index < -0.39 is 0 Å². The predicted octanol–water partition coefficient (Wildman–Crippen LogP) is 2.79. The zero-order valence-electron chi connectivity index (χ0n) is 16.1. The van der Waals surface area contributed by atoms with Gasteiger partial charge in [-0.3, -0.25) is 14.6 Å². The molecule has 4 rings (SSSR count). The van der Waals surface area contributed by atoms with E-state index in [-0.39, 0.29) is 0 Å². The van der Waals surface area contributed by atoms with Crippen LogP contribution in [0, 0.1) is 0 Å². The summed E-state index contributed by atoms with van der Waals surface area (Å²) in [5.74, 6) is 1.83. The monoisotopic (exact) mass is 365 g/mol. The van der Waals surface area contributed by atoms with Crippen LogP contribution in [0.4, 0.5) is 5.82 Å². The molecule has 0 radical (unpaired) electrons. The second-order valence-corrected chi connectivity index (χ2v) is 7.30. The largest absolute Gasteiger partial charge is 0.367 e. The number of rotatable bonds is 6. The lowest BCUT2D eigenvalue weighted by atomic mass is 10.0. The first-order valence-corrected chi connectivity index (χ1v) is 9.79. The molecule has 1 N–H and O–H groups in total. The van der Waals surface area contributed by atoms with Gasteiger partial charge in [-0.05, 0) is 30.9 Å². The second-order valence-electron chi connectivity index (χ2n) is 7.30. The van der Waals surface area contributed by atoms with Crippen LogP contribution in [0.1, 0.15) is 37.6 Å². The van der Waals surface area contributed by atoms with Gasteiger partial charge in [0.1, 0.15) is 11.6 Å². The van der Waals surface area contributed by atoms with E-state index in [1.807, 2.05) is 36.4 Å². The Morgan fingerprint density at radius 3 is 2.78 bits per heavy atom. The lowest BCUT2D eigenvalue weighted by Gasteiger charge is -2.32. The summed E-state index contributed by atoms with van der Waals surface area (Å²) in [6, 6.07) is 4.58. The molecule has 0 amide bonds. The minimum Gasteiger partial charge on any atom is -0.367 e. The van der Waals surface area contributed by atoms with Crippen LogP contribution in [0.2, 0.25) is 0 Å². The fourth-order valence-electron chi connectivity index (χ4n) is 3.69. The highest BCUT2D eigenvalue weighted by Gasteiger charge is 2.21. The predicted molar refractivity (Wildman–Crippen MR) is 106 cm³/mol. The molecule has 4 heterocycles. The van der Waals surface area contributed by atoms with Crippen molar-refractivity contribution in [2.24, 2.45) is 7.05 Å². The van der Waals surface area contributed by atoms with Crippen LogP contribution in [0.5, 0.6) is 0 Å². The Morgan fingerprint density at radius 2 is 2.04 bits per heavy atom. The average molecular weight is 365 g/mol. The molecule has 0 atom stereocenters. The second kappa shape index (κ2) is 8.00. The van der Waals surface area contributed by atoms with Crippen molar-refractivity contribution in [2.45, 2.75) is 45.2 Å². The van der Waals surface area contributed by atoms with E-state index in [1.165, 1.54) is 5.56 Å². The first-order chi connectivity index (χ1) is 13.2. The van der Waals surface area contributed by atoms with Crippen molar-refractivity contribution in [1.29, 1.82) is 0 Å². The zero-order chi connectivity index (χ0) is 18.6.